The lowest BCUT2D eigenvalue weighted by Gasteiger charge is -2.10. The lowest BCUT2D eigenvalue weighted by molar-refractivity contribution is -0.139. The number of amides is 1. The van der Waals surface area contributed by atoms with Crippen LogP contribution in [-0.4, -0.2) is 26.0 Å². The Morgan fingerprint density at radius 1 is 1.20 bits per heavy atom. The molecule has 0 saturated carbocycles. The van der Waals surface area contributed by atoms with Crippen molar-refractivity contribution < 1.29 is 26.9 Å². The second-order valence-electron chi connectivity index (χ2n) is 4.66. The molecule has 128 valence electrons. The van der Waals surface area contributed by atoms with Gasteiger partial charge < -0.3 is 9.84 Å². The topological polar surface area (TPSA) is 93.8 Å². The van der Waals surface area contributed by atoms with Gasteiger partial charge in [-0.05, 0) is 18.2 Å². The van der Waals surface area contributed by atoms with E-state index in [9.17, 15) is 22.4 Å². The van der Waals surface area contributed by atoms with E-state index in [1.54, 1.807) is 0 Å². The molecular weight excluding hydrogens is 346 g/mol. The van der Waals surface area contributed by atoms with Crippen LogP contribution in [0.25, 0.3) is 11.5 Å². The Bertz CT molecular complexity index is 911. The number of halogens is 4. The monoisotopic (exact) mass is 353 g/mol. The average molecular weight is 353 g/mol. The van der Waals surface area contributed by atoms with Gasteiger partial charge in [0.25, 0.3) is 0 Å². The summed E-state index contributed by atoms with van der Waals surface area (Å²) < 4.78 is 56.0. The summed E-state index contributed by atoms with van der Waals surface area (Å²) in [6.45, 7) is 0. The first-order chi connectivity index (χ1) is 11.8. The summed E-state index contributed by atoms with van der Waals surface area (Å²) in [5.74, 6) is -2.93. The Hall–Kier alpha value is -3.37. The van der Waals surface area contributed by atoms with E-state index in [1.165, 1.54) is 18.6 Å². The highest BCUT2D eigenvalue weighted by Gasteiger charge is 2.34. The number of alkyl halides is 3. The molecule has 2 heterocycles. The van der Waals surface area contributed by atoms with E-state index in [0.717, 1.165) is 6.07 Å². The predicted molar refractivity (Wildman–Crippen MR) is 74.7 cm³/mol. The number of anilines is 1. The largest absolute Gasteiger partial charge is 0.419 e. The second kappa shape index (κ2) is 6.26. The number of hydrogen-bond acceptors (Lipinski definition) is 6. The molecule has 0 atom stereocenters. The summed E-state index contributed by atoms with van der Waals surface area (Å²) >= 11 is 0. The van der Waals surface area contributed by atoms with E-state index < -0.39 is 29.4 Å². The fourth-order valence-electron chi connectivity index (χ4n) is 1.84. The SMILES string of the molecule is O=C(Nc1ccc(F)c(C(F)(F)F)c1)c1nc(-c2cnccn2)no1. The number of nitrogens with one attached hydrogen (secondary N) is 1. The maximum absolute atomic E-state index is 13.2. The molecule has 0 aliphatic rings. The van der Waals surface area contributed by atoms with Crippen LogP contribution in [0.15, 0.2) is 41.3 Å². The normalized spacial score (nSPS) is 11.4. The standard InChI is InChI=1S/C14H7F4N5O2/c15-9-2-1-7(5-8(9)14(16,17)18)21-12(24)13-22-11(23-25-13)10-6-19-3-4-20-10/h1-6H,(H,21,24). The van der Waals surface area contributed by atoms with Gasteiger partial charge in [0.15, 0.2) is 0 Å². The molecule has 3 aromatic rings. The van der Waals surface area contributed by atoms with Crippen LogP contribution < -0.4 is 5.32 Å². The predicted octanol–water partition coefficient (Wildman–Crippen LogP) is 2.94. The molecule has 0 saturated heterocycles. The number of rotatable bonds is 3. The van der Waals surface area contributed by atoms with Gasteiger partial charge >= 0.3 is 18.0 Å². The van der Waals surface area contributed by atoms with Gasteiger partial charge in [-0.15, -0.1) is 0 Å². The fraction of sp³-hybridized carbons (Fsp3) is 0.0714. The summed E-state index contributed by atoms with van der Waals surface area (Å²) in [5, 5.41) is 5.66. The molecule has 3 rings (SSSR count). The van der Waals surface area contributed by atoms with Gasteiger partial charge in [-0.25, -0.2) is 9.37 Å². The van der Waals surface area contributed by atoms with Crippen LogP contribution >= 0.6 is 0 Å². The van der Waals surface area contributed by atoms with E-state index in [-0.39, 0.29) is 17.2 Å². The van der Waals surface area contributed by atoms with Gasteiger partial charge in [0.1, 0.15) is 11.5 Å². The average Bonchev–Trinajstić information content (AvgIpc) is 3.06. The van der Waals surface area contributed by atoms with Crippen molar-refractivity contribution in [1.29, 1.82) is 0 Å². The van der Waals surface area contributed by atoms with Gasteiger partial charge in [-0.3, -0.25) is 9.78 Å². The zero-order valence-corrected chi connectivity index (χ0v) is 12.1. The minimum atomic E-state index is -4.89. The molecule has 0 spiro atoms. The smallest absolute Gasteiger partial charge is 0.328 e. The maximum atomic E-state index is 13.2. The molecule has 0 fully saturated rings. The first-order valence-corrected chi connectivity index (χ1v) is 6.63. The molecule has 7 nitrogen and oxygen atoms in total. The number of hydrogen-bond donors (Lipinski definition) is 1. The van der Waals surface area contributed by atoms with Crippen molar-refractivity contribution in [2.75, 3.05) is 5.32 Å². The Balaban J connectivity index is 1.81. The third kappa shape index (κ3) is 3.59. The fourth-order valence-corrected chi connectivity index (χ4v) is 1.84. The summed E-state index contributed by atoms with van der Waals surface area (Å²) in [7, 11) is 0. The molecule has 2 aromatic heterocycles. The van der Waals surface area contributed by atoms with Crippen LogP contribution in [0, 0.1) is 5.82 Å². The summed E-state index contributed by atoms with van der Waals surface area (Å²) in [5.41, 5.74) is -1.54. The molecule has 0 unspecified atom stereocenters. The van der Waals surface area contributed by atoms with Crippen LogP contribution in [0.1, 0.15) is 16.2 Å². The molecule has 1 amide bonds. The Morgan fingerprint density at radius 3 is 2.68 bits per heavy atom. The van der Waals surface area contributed by atoms with Crippen molar-refractivity contribution in [2.45, 2.75) is 6.18 Å². The molecule has 1 N–H and O–H groups in total. The Morgan fingerprint density at radius 2 is 2.00 bits per heavy atom. The van der Waals surface area contributed by atoms with Crippen LogP contribution in [0.3, 0.4) is 0 Å². The van der Waals surface area contributed by atoms with Crippen molar-refractivity contribution in [3.05, 3.63) is 54.1 Å². The van der Waals surface area contributed by atoms with Crippen molar-refractivity contribution >= 4 is 11.6 Å². The van der Waals surface area contributed by atoms with Crippen molar-refractivity contribution in [1.82, 2.24) is 20.1 Å². The number of carbonyl (C=O) groups is 1. The van der Waals surface area contributed by atoms with E-state index in [0.29, 0.717) is 12.1 Å². The highest BCUT2D eigenvalue weighted by Crippen LogP contribution is 2.33. The summed E-state index contributed by atoms with van der Waals surface area (Å²) in [6.07, 6.45) is -0.761. The molecule has 0 aliphatic carbocycles. The van der Waals surface area contributed by atoms with Gasteiger partial charge in [-0.1, -0.05) is 5.16 Å². The summed E-state index contributed by atoms with van der Waals surface area (Å²) in [6, 6.07) is 2.03. The molecule has 0 aliphatic heterocycles. The second-order valence-corrected chi connectivity index (χ2v) is 4.66. The van der Waals surface area contributed by atoms with E-state index >= 15 is 0 Å². The Labute approximate surface area is 136 Å². The number of benzene rings is 1. The molecule has 11 heteroatoms. The highest BCUT2D eigenvalue weighted by molar-refractivity contribution is 6.01. The zero-order chi connectivity index (χ0) is 18.0. The van der Waals surface area contributed by atoms with E-state index in [4.69, 9.17) is 4.52 Å². The molecule has 1 aromatic carbocycles. The van der Waals surface area contributed by atoms with Crippen molar-refractivity contribution in [3.8, 4) is 11.5 Å². The first-order valence-electron chi connectivity index (χ1n) is 6.63. The van der Waals surface area contributed by atoms with Crippen molar-refractivity contribution in [2.24, 2.45) is 0 Å². The van der Waals surface area contributed by atoms with Gasteiger partial charge in [0, 0.05) is 18.1 Å². The molecule has 0 bridgehead atoms. The minimum absolute atomic E-state index is 0.0201. The van der Waals surface area contributed by atoms with Crippen molar-refractivity contribution in [3.63, 3.8) is 0 Å². The third-order valence-electron chi connectivity index (χ3n) is 2.94. The number of nitrogens with zero attached hydrogens (tertiary/aromatic N) is 4. The highest BCUT2D eigenvalue weighted by atomic mass is 19.4. The summed E-state index contributed by atoms with van der Waals surface area (Å²) in [4.78, 5) is 23.5. The van der Waals surface area contributed by atoms with Gasteiger partial charge in [0.2, 0.25) is 5.82 Å². The van der Waals surface area contributed by atoms with Crippen LogP contribution in [0.5, 0.6) is 0 Å². The van der Waals surface area contributed by atoms with Crippen LogP contribution in [-0.2, 0) is 6.18 Å². The molecule has 25 heavy (non-hydrogen) atoms. The number of carbonyl (C=O) groups excluding carboxylic acids is 1. The zero-order valence-electron chi connectivity index (χ0n) is 12.1. The molecule has 0 radical (unpaired) electrons. The van der Waals surface area contributed by atoms with Gasteiger partial charge in [0.05, 0.1) is 11.8 Å². The van der Waals surface area contributed by atoms with E-state index in [2.05, 4.69) is 25.4 Å². The lowest BCUT2D eigenvalue weighted by atomic mass is 10.2. The van der Waals surface area contributed by atoms with Crippen LogP contribution in [0.2, 0.25) is 0 Å². The van der Waals surface area contributed by atoms with Crippen LogP contribution in [0.4, 0.5) is 23.2 Å². The van der Waals surface area contributed by atoms with Gasteiger partial charge in [-0.2, -0.15) is 18.2 Å². The third-order valence-corrected chi connectivity index (χ3v) is 2.94. The van der Waals surface area contributed by atoms with E-state index in [1.807, 2.05) is 0 Å². The first kappa shape index (κ1) is 16.5. The Kier molecular flexibility index (Phi) is 4.13. The minimum Gasteiger partial charge on any atom is -0.328 e. The lowest BCUT2D eigenvalue weighted by Crippen LogP contribution is -2.14. The molecular formula is C14H7F4N5O2. The number of aromatic nitrogens is 4. The maximum Gasteiger partial charge on any atom is 0.419 e. The quantitative estimate of drug-likeness (QED) is 0.728.